The fourth-order valence-electron chi connectivity index (χ4n) is 6.14. The Morgan fingerprint density at radius 2 is 1.90 bits per heavy atom. The molecule has 2 amide bonds. The lowest BCUT2D eigenvalue weighted by atomic mass is 9.64. The monoisotopic (exact) mass is 422 g/mol. The van der Waals surface area contributed by atoms with Gasteiger partial charge in [0.25, 0.3) is 0 Å². The number of likely N-dealkylation sites (tertiary alicyclic amines) is 1. The SMILES string of the molecule is CC1CC2C(CN1)CC(C1CC(C(=O)NC3CC(C)NOO3)CCC1C)C(=O)N2C. The van der Waals surface area contributed by atoms with Crippen molar-refractivity contribution in [2.75, 3.05) is 13.6 Å². The quantitative estimate of drug-likeness (QED) is 0.598. The fourth-order valence-corrected chi connectivity index (χ4v) is 6.14. The van der Waals surface area contributed by atoms with Crippen LogP contribution in [-0.2, 0) is 19.5 Å². The van der Waals surface area contributed by atoms with Gasteiger partial charge in [-0.25, -0.2) is 0 Å². The van der Waals surface area contributed by atoms with E-state index in [0.717, 1.165) is 38.6 Å². The summed E-state index contributed by atoms with van der Waals surface area (Å²) >= 11 is 0. The molecule has 4 fully saturated rings. The topological polar surface area (TPSA) is 91.9 Å². The summed E-state index contributed by atoms with van der Waals surface area (Å²) in [5.74, 6) is 1.49. The standard InChI is InChI=1S/C22H38N4O4/c1-12-5-6-15(21(27)24-20-8-14(3)25-30-29-20)9-17(12)18-10-16-11-23-13(2)7-19(16)26(4)22(18)28/h12-20,23,25H,5-11H2,1-4H3,(H,24,27). The van der Waals surface area contributed by atoms with Crippen molar-refractivity contribution in [3.63, 3.8) is 0 Å². The van der Waals surface area contributed by atoms with Crippen molar-refractivity contribution >= 4 is 11.8 Å². The molecule has 3 aliphatic heterocycles. The number of nitrogens with one attached hydrogen (secondary N) is 3. The van der Waals surface area contributed by atoms with E-state index in [2.05, 4.69) is 30.0 Å². The number of carbonyl (C=O) groups is 2. The van der Waals surface area contributed by atoms with E-state index < -0.39 is 6.23 Å². The van der Waals surface area contributed by atoms with Crippen LogP contribution in [0.3, 0.4) is 0 Å². The van der Waals surface area contributed by atoms with Crippen LogP contribution >= 0.6 is 0 Å². The van der Waals surface area contributed by atoms with E-state index in [0.29, 0.717) is 30.3 Å². The predicted octanol–water partition coefficient (Wildman–Crippen LogP) is 1.57. The molecule has 8 heteroatoms. The van der Waals surface area contributed by atoms with Crippen molar-refractivity contribution in [2.45, 2.75) is 83.6 Å². The Morgan fingerprint density at radius 3 is 2.67 bits per heavy atom. The first kappa shape index (κ1) is 22.0. The van der Waals surface area contributed by atoms with Crippen LogP contribution in [0.1, 0.15) is 59.3 Å². The van der Waals surface area contributed by atoms with E-state index in [1.165, 1.54) is 0 Å². The number of rotatable bonds is 3. The molecule has 8 nitrogen and oxygen atoms in total. The van der Waals surface area contributed by atoms with Gasteiger partial charge in [0.05, 0.1) is 0 Å². The highest BCUT2D eigenvalue weighted by Crippen LogP contribution is 2.44. The van der Waals surface area contributed by atoms with Crippen LogP contribution in [0.25, 0.3) is 0 Å². The van der Waals surface area contributed by atoms with Crippen molar-refractivity contribution in [2.24, 2.45) is 29.6 Å². The van der Waals surface area contributed by atoms with Crippen molar-refractivity contribution in [3.05, 3.63) is 0 Å². The number of hydrogen-bond donors (Lipinski definition) is 3. The second-order valence-electron chi connectivity index (χ2n) is 10.2. The second kappa shape index (κ2) is 9.10. The largest absolute Gasteiger partial charge is 0.342 e. The zero-order valence-corrected chi connectivity index (χ0v) is 18.7. The number of amides is 2. The Bertz CT molecular complexity index is 647. The maximum Gasteiger partial charge on any atom is 0.225 e. The third kappa shape index (κ3) is 4.52. The fraction of sp³-hybridized carbons (Fsp3) is 0.909. The first-order valence-corrected chi connectivity index (χ1v) is 11.7. The average Bonchev–Trinajstić information content (AvgIpc) is 2.71. The summed E-state index contributed by atoms with van der Waals surface area (Å²) in [4.78, 5) is 38.3. The number of nitrogens with zero attached hydrogens (tertiary/aromatic N) is 1. The maximum atomic E-state index is 13.3. The molecule has 30 heavy (non-hydrogen) atoms. The van der Waals surface area contributed by atoms with E-state index in [9.17, 15) is 9.59 Å². The number of carbonyl (C=O) groups excluding carboxylic acids is 2. The molecule has 0 aromatic carbocycles. The van der Waals surface area contributed by atoms with E-state index >= 15 is 0 Å². The van der Waals surface area contributed by atoms with Crippen molar-refractivity contribution in [1.82, 2.24) is 21.0 Å². The van der Waals surface area contributed by atoms with Gasteiger partial charge in [-0.15, -0.1) is 4.99 Å². The van der Waals surface area contributed by atoms with Gasteiger partial charge in [0.2, 0.25) is 11.8 Å². The highest BCUT2D eigenvalue weighted by atomic mass is 17.3. The second-order valence-corrected chi connectivity index (χ2v) is 10.2. The minimum absolute atomic E-state index is 0.0237. The molecule has 1 saturated carbocycles. The highest BCUT2D eigenvalue weighted by molar-refractivity contribution is 5.81. The Hall–Kier alpha value is -1.22. The van der Waals surface area contributed by atoms with Gasteiger partial charge in [0, 0.05) is 50.0 Å². The zero-order valence-electron chi connectivity index (χ0n) is 18.7. The molecule has 170 valence electrons. The number of hydrogen-bond acceptors (Lipinski definition) is 6. The van der Waals surface area contributed by atoms with E-state index in [1.54, 1.807) is 0 Å². The molecule has 0 aromatic rings. The average molecular weight is 423 g/mol. The summed E-state index contributed by atoms with van der Waals surface area (Å²) in [6.45, 7) is 7.42. The first-order valence-electron chi connectivity index (χ1n) is 11.7. The van der Waals surface area contributed by atoms with Gasteiger partial charge in [-0.3, -0.25) is 9.59 Å². The smallest absolute Gasteiger partial charge is 0.225 e. The van der Waals surface area contributed by atoms with Gasteiger partial charge >= 0.3 is 0 Å². The van der Waals surface area contributed by atoms with E-state index in [1.807, 2.05) is 18.9 Å². The van der Waals surface area contributed by atoms with Gasteiger partial charge in [-0.05, 0) is 63.7 Å². The van der Waals surface area contributed by atoms with E-state index in [4.69, 9.17) is 9.88 Å². The van der Waals surface area contributed by atoms with Crippen LogP contribution in [0.2, 0.25) is 0 Å². The number of hydroxylamine groups is 1. The Morgan fingerprint density at radius 1 is 1.10 bits per heavy atom. The molecule has 0 aromatic heterocycles. The molecule has 3 saturated heterocycles. The predicted molar refractivity (Wildman–Crippen MR) is 112 cm³/mol. The molecular weight excluding hydrogens is 384 g/mol. The lowest BCUT2D eigenvalue weighted by Gasteiger charge is -2.50. The minimum Gasteiger partial charge on any atom is -0.342 e. The van der Waals surface area contributed by atoms with Crippen molar-refractivity contribution in [3.8, 4) is 0 Å². The molecule has 3 heterocycles. The molecule has 4 aliphatic rings. The van der Waals surface area contributed by atoms with Gasteiger partial charge in [0.1, 0.15) is 0 Å². The first-order chi connectivity index (χ1) is 14.3. The molecular formula is C22H38N4O4. The normalized spacial score (nSPS) is 45.0. The van der Waals surface area contributed by atoms with Gasteiger partial charge in [0.15, 0.2) is 6.23 Å². The summed E-state index contributed by atoms with van der Waals surface area (Å²) in [6, 6.07) is 0.934. The molecule has 0 spiro atoms. The molecule has 1 aliphatic carbocycles. The summed E-state index contributed by atoms with van der Waals surface area (Å²) in [5.41, 5.74) is 2.73. The van der Waals surface area contributed by atoms with Gasteiger partial charge < -0.3 is 15.5 Å². The van der Waals surface area contributed by atoms with Crippen LogP contribution in [0.4, 0.5) is 0 Å². The Balaban J connectivity index is 1.40. The van der Waals surface area contributed by atoms with Crippen molar-refractivity contribution in [1.29, 1.82) is 0 Å². The molecule has 9 unspecified atom stereocenters. The number of piperidine rings is 2. The highest BCUT2D eigenvalue weighted by Gasteiger charge is 2.47. The number of fused-ring (bicyclic) bond motifs is 1. The summed E-state index contributed by atoms with van der Waals surface area (Å²) < 4.78 is 0. The van der Waals surface area contributed by atoms with Crippen LogP contribution in [0.15, 0.2) is 0 Å². The molecule has 4 rings (SSSR count). The molecule has 0 radical (unpaired) electrons. The van der Waals surface area contributed by atoms with Crippen LogP contribution in [-0.4, -0.2) is 54.7 Å². The molecule has 3 N–H and O–H groups in total. The van der Waals surface area contributed by atoms with Gasteiger partial charge in [-0.1, -0.05) is 6.92 Å². The third-order valence-corrected chi connectivity index (χ3v) is 8.02. The third-order valence-electron chi connectivity index (χ3n) is 8.02. The lowest BCUT2D eigenvalue weighted by Crippen LogP contribution is -2.60. The summed E-state index contributed by atoms with van der Waals surface area (Å²) in [7, 11) is 1.98. The molecule has 9 atom stereocenters. The summed E-state index contributed by atoms with van der Waals surface area (Å²) in [6.07, 6.45) is 4.84. The van der Waals surface area contributed by atoms with Crippen LogP contribution in [0.5, 0.6) is 0 Å². The van der Waals surface area contributed by atoms with Gasteiger partial charge in [-0.2, -0.15) is 10.4 Å². The van der Waals surface area contributed by atoms with Crippen LogP contribution < -0.4 is 16.1 Å². The van der Waals surface area contributed by atoms with Crippen LogP contribution in [0, 0.1) is 29.6 Å². The minimum atomic E-state index is -0.426. The molecule has 0 bridgehead atoms. The summed E-state index contributed by atoms with van der Waals surface area (Å²) in [5, 5.41) is 6.59. The Labute approximate surface area is 179 Å². The lowest BCUT2D eigenvalue weighted by molar-refractivity contribution is -0.394. The van der Waals surface area contributed by atoms with Crippen molar-refractivity contribution < 1.29 is 19.5 Å². The Kier molecular flexibility index (Phi) is 6.67. The zero-order chi connectivity index (χ0) is 21.4. The van der Waals surface area contributed by atoms with E-state index in [-0.39, 0.29) is 35.6 Å². The maximum absolute atomic E-state index is 13.3.